The summed E-state index contributed by atoms with van der Waals surface area (Å²) in [5.41, 5.74) is 0.761. The van der Waals surface area contributed by atoms with Gasteiger partial charge >= 0.3 is 6.61 Å². The van der Waals surface area contributed by atoms with Crippen LogP contribution in [-0.2, 0) is 0 Å². The van der Waals surface area contributed by atoms with Gasteiger partial charge in [0.2, 0.25) is 0 Å². The number of aliphatic hydroxyl groups is 1. The van der Waals surface area contributed by atoms with Crippen molar-refractivity contribution in [3.63, 3.8) is 0 Å². The Morgan fingerprint density at radius 3 is 2.14 bits per heavy atom. The number of methoxy groups -OCH3 is 1. The number of halogens is 3. The number of ether oxygens (including phenoxy) is 2. The van der Waals surface area contributed by atoms with Gasteiger partial charge in [0.25, 0.3) is 0 Å². The fourth-order valence-corrected chi connectivity index (χ4v) is 1.88. The molecule has 0 aliphatic carbocycles. The summed E-state index contributed by atoms with van der Waals surface area (Å²) >= 11 is 0. The molecule has 2 aromatic carbocycles. The summed E-state index contributed by atoms with van der Waals surface area (Å²) in [5, 5.41) is 10.2. The lowest BCUT2D eigenvalue weighted by Gasteiger charge is -2.13. The third kappa shape index (κ3) is 3.66. The number of aliphatic hydroxyl groups excluding tert-OH is 1. The largest absolute Gasteiger partial charge is 0.494 e. The summed E-state index contributed by atoms with van der Waals surface area (Å²) in [4.78, 5) is 0. The van der Waals surface area contributed by atoms with E-state index in [-0.39, 0.29) is 11.5 Å². The molecule has 0 aliphatic heterocycles. The predicted molar refractivity (Wildman–Crippen MR) is 70.1 cm³/mol. The molecule has 0 radical (unpaired) electrons. The third-order valence-electron chi connectivity index (χ3n) is 2.91. The van der Waals surface area contributed by atoms with Crippen LogP contribution in [0.3, 0.4) is 0 Å². The second-order valence-electron chi connectivity index (χ2n) is 4.24. The van der Waals surface area contributed by atoms with E-state index in [1.54, 1.807) is 0 Å². The maximum absolute atomic E-state index is 13.6. The quantitative estimate of drug-likeness (QED) is 0.918. The van der Waals surface area contributed by atoms with Gasteiger partial charge < -0.3 is 14.6 Å². The van der Waals surface area contributed by atoms with Crippen molar-refractivity contribution in [3.8, 4) is 11.5 Å². The lowest BCUT2D eigenvalue weighted by molar-refractivity contribution is -0.0498. The third-order valence-corrected chi connectivity index (χ3v) is 2.91. The number of hydrogen-bond donors (Lipinski definition) is 1. The molecule has 0 fully saturated rings. The van der Waals surface area contributed by atoms with Gasteiger partial charge in [-0.05, 0) is 35.4 Å². The molecule has 2 aromatic rings. The van der Waals surface area contributed by atoms with E-state index in [0.29, 0.717) is 11.1 Å². The minimum absolute atomic E-state index is 0.0122. The zero-order valence-electron chi connectivity index (χ0n) is 11.1. The highest BCUT2D eigenvalue weighted by Gasteiger charge is 2.14. The summed E-state index contributed by atoms with van der Waals surface area (Å²) in [6.07, 6.45) is -1.08. The lowest BCUT2D eigenvalue weighted by atomic mass is 10.0. The Balaban J connectivity index is 2.19. The summed E-state index contributed by atoms with van der Waals surface area (Å²) in [5.74, 6) is -0.528. The van der Waals surface area contributed by atoms with E-state index in [0.717, 1.165) is 6.07 Å². The van der Waals surface area contributed by atoms with Crippen molar-refractivity contribution in [1.82, 2.24) is 0 Å². The maximum atomic E-state index is 13.6. The molecule has 0 aromatic heterocycles. The molecule has 0 saturated heterocycles. The molecule has 0 aliphatic rings. The SMILES string of the molecule is COc1ccc(C(O)c2ccc(OC(F)F)cc2)cc1F. The average molecular weight is 298 g/mol. The van der Waals surface area contributed by atoms with Crippen LogP contribution >= 0.6 is 0 Å². The number of hydrogen-bond acceptors (Lipinski definition) is 3. The van der Waals surface area contributed by atoms with Crippen LogP contribution in [0.5, 0.6) is 11.5 Å². The second kappa shape index (κ2) is 6.49. The minimum atomic E-state index is -2.91. The Hall–Kier alpha value is -2.21. The average Bonchev–Trinajstić information content (AvgIpc) is 2.46. The molecule has 1 N–H and O–H groups in total. The Morgan fingerprint density at radius 2 is 1.62 bits per heavy atom. The van der Waals surface area contributed by atoms with E-state index >= 15 is 0 Å². The zero-order valence-corrected chi connectivity index (χ0v) is 11.1. The molecule has 0 saturated carbocycles. The van der Waals surface area contributed by atoms with Gasteiger partial charge in [0, 0.05) is 0 Å². The molecular formula is C15H13F3O3. The number of rotatable bonds is 5. The van der Waals surface area contributed by atoms with Crippen LogP contribution in [0.4, 0.5) is 13.2 Å². The molecule has 0 heterocycles. The highest BCUT2D eigenvalue weighted by atomic mass is 19.3. The summed E-state index contributed by atoms with van der Waals surface area (Å²) in [6.45, 7) is -2.91. The Kier molecular flexibility index (Phi) is 4.70. The summed E-state index contributed by atoms with van der Waals surface area (Å²) in [7, 11) is 1.34. The molecule has 0 bridgehead atoms. The van der Waals surface area contributed by atoms with Crippen LogP contribution in [0, 0.1) is 5.82 Å². The van der Waals surface area contributed by atoms with Gasteiger partial charge in [0.1, 0.15) is 11.9 Å². The van der Waals surface area contributed by atoms with E-state index in [4.69, 9.17) is 4.74 Å². The van der Waals surface area contributed by atoms with E-state index < -0.39 is 18.5 Å². The van der Waals surface area contributed by atoms with Crippen LogP contribution < -0.4 is 9.47 Å². The predicted octanol–water partition coefficient (Wildman–Crippen LogP) is 3.52. The molecular weight excluding hydrogens is 285 g/mol. The van der Waals surface area contributed by atoms with Crippen molar-refractivity contribution < 1.29 is 27.8 Å². The molecule has 1 atom stereocenters. The first kappa shape index (κ1) is 15.2. The van der Waals surface area contributed by atoms with Gasteiger partial charge in [0.05, 0.1) is 7.11 Å². The van der Waals surface area contributed by atoms with Gasteiger partial charge in [-0.3, -0.25) is 0 Å². The van der Waals surface area contributed by atoms with Crippen molar-refractivity contribution >= 4 is 0 Å². The van der Waals surface area contributed by atoms with Gasteiger partial charge in [-0.2, -0.15) is 8.78 Å². The minimum Gasteiger partial charge on any atom is -0.494 e. The molecule has 0 amide bonds. The van der Waals surface area contributed by atoms with E-state index in [1.807, 2.05) is 0 Å². The monoisotopic (exact) mass is 298 g/mol. The Labute approximate surface area is 119 Å². The molecule has 3 nitrogen and oxygen atoms in total. The number of benzene rings is 2. The van der Waals surface area contributed by atoms with Crippen LogP contribution in [0.25, 0.3) is 0 Å². The summed E-state index contributed by atoms with van der Waals surface area (Å²) in [6, 6.07) is 9.58. The standard InChI is InChI=1S/C15H13F3O3/c1-20-13-7-4-10(8-12(13)16)14(19)9-2-5-11(6-3-9)21-15(17)18/h2-8,14-15,19H,1H3. The molecule has 2 rings (SSSR count). The highest BCUT2D eigenvalue weighted by Crippen LogP contribution is 2.27. The molecule has 112 valence electrons. The van der Waals surface area contributed by atoms with Crippen LogP contribution in [0.2, 0.25) is 0 Å². The molecule has 21 heavy (non-hydrogen) atoms. The van der Waals surface area contributed by atoms with Crippen molar-refractivity contribution in [2.24, 2.45) is 0 Å². The van der Waals surface area contributed by atoms with Crippen molar-refractivity contribution in [2.75, 3.05) is 7.11 Å². The smallest absolute Gasteiger partial charge is 0.387 e. The van der Waals surface area contributed by atoms with Crippen molar-refractivity contribution in [1.29, 1.82) is 0 Å². The molecule has 1 unspecified atom stereocenters. The van der Waals surface area contributed by atoms with E-state index in [1.165, 1.54) is 43.5 Å². The highest BCUT2D eigenvalue weighted by molar-refractivity contribution is 5.37. The van der Waals surface area contributed by atoms with Gasteiger partial charge in [-0.1, -0.05) is 18.2 Å². The molecule has 0 spiro atoms. The first-order chi connectivity index (χ1) is 10.0. The normalized spacial score (nSPS) is 12.3. The first-order valence-corrected chi connectivity index (χ1v) is 6.07. The van der Waals surface area contributed by atoms with Crippen LogP contribution in [-0.4, -0.2) is 18.8 Å². The van der Waals surface area contributed by atoms with Crippen LogP contribution in [0.15, 0.2) is 42.5 Å². The van der Waals surface area contributed by atoms with Gasteiger partial charge in [-0.25, -0.2) is 4.39 Å². The zero-order chi connectivity index (χ0) is 15.4. The molecule has 6 heteroatoms. The lowest BCUT2D eigenvalue weighted by Crippen LogP contribution is -2.03. The maximum Gasteiger partial charge on any atom is 0.387 e. The topological polar surface area (TPSA) is 38.7 Å². The first-order valence-electron chi connectivity index (χ1n) is 6.07. The summed E-state index contributed by atoms with van der Waals surface area (Å²) < 4.78 is 46.7. The van der Waals surface area contributed by atoms with E-state index in [9.17, 15) is 18.3 Å². The van der Waals surface area contributed by atoms with Crippen molar-refractivity contribution in [2.45, 2.75) is 12.7 Å². The van der Waals surface area contributed by atoms with Crippen molar-refractivity contribution in [3.05, 3.63) is 59.4 Å². The van der Waals surface area contributed by atoms with E-state index in [2.05, 4.69) is 4.74 Å². The fourth-order valence-electron chi connectivity index (χ4n) is 1.88. The Morgan fingerprint density at radius 1 is 1.00 bits per heavy atom. The fraction of sp³-hybridized carbons (Fsp3) is 0.200. The Bertz CT molecular complexity index is 600. The van der Waals surface area contributed by atoms with Gasteiger partial charge in [-0.15, -0.1) is 0 Å². The van der Waals surface area contributed by atoms with Crippen LogP contribution in [0.1, 0.15) is 17.2 Å². The number of alkyl halides is 2. The second-order valence-corrected chi connectivity index (χ2v) is 4.24. The van der Waals surface area contributed by atoms with Gasteiger partial charge in [0.15, 0.2) is 11.6 Å².